The summed E-state index contributed by atoms with van der Waals surface area (Å²) in [5.74, 6) is -0.0479. The van der Waals surface area contributed by atoms with E-state index in [4.69, 9.17) is 34.2 Å². The standard InChI is InChI=1S/C22H26FN10O9PS2/c1-32-4-9(13-15(32)18(24)27-6-26-13)16-12(23)17-11(40-16)3-29-45(36,37)42-10-2-8(5-38-43(35,44)41-17)39-21(10)33-7-28-14-19(33)30-22(25)31-20(14)34/h4,6-8,10-12,16-17,21,29H,2-3,5H2,1H3,(H,35,44)(H2,24,26,27)(H3,25,30,31,34)/t8-,10+,11+,12-,16-,17+,21+,43-/m0/s1. The summed E-state index contributed by atoms with van der Waals surface area (Å²) in [6.45, 7) is -5.26. The maximum Gasteiger partial charge on any atom is 0.386 e. The fourth-order valence-corrected chi connectivity index (χ4v) is 8.21. The predicted octanol–water partition coefficient (Wildman–Crippen LogP) is 0.00430. The van der Waals surface area contributed by atoms with Gasteiger partial charge in [0.25, 0.3) is 5.56 Å². The summed E-state index contributed by atoms with van der Waals surface area (Å²) in [7, 11) is -2.89. The summed E-state index contributed by atoms with van der Waals surface area (Å²) < 4.78 is 89.4. The number of nitrogens with two attached hydrogens (primary N) is 2. The van der Waals surface area contributed by atoms with Crippen molar-refractivity contribution in [2.45, 2.75) is 49.3 Å². The molecular formula is C22H26FN10O9PS2. The van der Waals surface area contributed by atoms with Gasteiger partial charge in [0.1, 0.15) is 36.3 Å². The lowest BCUT2D eigenvalue weighted by Crippen LogP contribution is -2.41. The molecule has 3 fully saturated rings. The Morgan fingerprint density at radius 3 is 2.78 bits per heavy atom. The number of hydrogen-bond acceptors (Lipinski definition) is 15. The first-order valence-electron chi connectivity index (χ1n) is 13.4. The average molecular weight is 689 g/mol. The Morgan fingerprint density at radius 2 is 1.98 bits per heavy atom. The zero-order valence-corrected chi connectivity index (χ0v) is 25.7. The number of imidazole rings is 1. The number of alkyl halides is 1. The zero-order chi connectivity index (χ0) is 31.8. The molecule has 0 amide bonds. The van der Waals surface area contributed by atoms with Gasteiger partial charge >= 0.3 is 17.1 Å². The normalized spacial score (nSPS) is 33.9. The van der Waals surface area contributed by atoms with Crippen LogP contribution in [0.1, 0.15) is 24.3 Å². The van der Waals surface area contributed by atoms with Gasteiger partial charge in [-0.05, 0) is 0 Å². The van der Waals surface area contributed by atoms with Gasteiger partial charge < -0.3 is 25.5 Å². The topological polar surface area (TPSA) is 256 Å². The summed E-state index contributed by atoms with van der Waals surface area (Å²) in [6, 6.07) is 0. The van der Waals surface area contributed by atoms with Crippen LogP contribution in [0.3, 0.4) is 0 Å². The molecule has 7 rings (SSSR count). The summed E-state index contributed by atoms with van der Waals surface area (Å²) in [6.07, 6.45) is -5.60. The number of fused-ring (bicyclic) bond motifs is 5. The van der Waals surface area contributed by atoms with Gasteiger partial charge in [0, 0.05) is 31.8 Å². The van der Waals surface area contributed by atoms with Crippen LogP contribution in [-0.4, -0.2) is 86.2 Å². The second-order valence-electron chi connectivity index (χ2n) is 10.6. The number of nitrogens with zero attached hydrogens (tertiary/aromatic N) is 6. The lowest BCUT2D eigenvalue weighted by atomic mass is 10.0. The molecule has 6 N–H and O–H groups in total. The maximum atomic E-state index is 16.1. The van der Waals surface area contributed by atoms with E-state index in [2.05, 4.69) is 41.9 Å². The first kappa shape index (κ1) is 30.4. The van der Waals surface area contributed by atoms with Gasteiger partial charge in [0.15, 0.2) is 29.4 Å². The number of nitrogens with one attached hydrogen (secondary N) is 2. The minimum absolute atomic E-state index is 0.00813. The van der Waals surface area contributed by atoms with Crippen molar-refractivity contribution in [3.8, 4) is 0 Å². The summed E-state index contributed by atoms with van der Waals surface area (Å²) in [5.41, 5.74) is 12.0. The van der Waals surface area contributed by atoms with Crippen molar-refractivity contribution in [1.29, 1.82) is 0 Å². The van der Waals surface area contributed by atoms with E-state index in [1.807, 2.05) is 0 Å². The number of aromatic amines is 1. The molecule has 3 aliphatic heterocycles. The van der Waals surface area contributed by atoms with Crippen LogP contribution in [0.25, 0.3) is 22.2 Å². The highest BCUT2D eigenvalue weighted by molar-refractivity contribution is 8.44. The van der Waals surface area contributed by atoms with Crippen molar-refractivity contribution < 1.29 is 40.1 Å². The number of ether oxygens (including phenoxy) is 2. The molecule has 8 atom stereocenters. The van der Waals surface area contributed by atoms with E-state index in [0.29, 0.717) is 11.0 Å². The number of thiol groups is 1. The van der Waals surface area contributed by atoms with Crippen molar-refractivity contribution in [2.24, 2.45) is 7.05 Å². The molecule has 0 unspecified atom stereocenters. The molecule has 19 nitrogen and oxygen atoms in total. The van der Waals surface area contributed by atoms with Crippen molar-refractivity contribution in [3.05, 3.63) is 34.8 Å². The van der Waals surface area contributed by atoms with Crippen molar-refractivity contribution >= 4 is 63.3 Å². The number of anilines is 2. The Morgan fingerprint density at radius 1 is 1.18 bits per heavy atom. The molecule has 45 heavy (non-hydrogen) atoms. The molecule has 4 aromatic heterocycles. The van der Waals surface area contributed by atoms with Gasteiger partial charge in [0.2, 0.25) is 5.95 Å². The predicted molar refractivity (Wildman–Crippen MR) is 156 cm³/mol. The van der Waals surface area contributed by atoms with Gasteiger partial charge in [-0.25, -0.2) is 28.1 Å². The SMILES string of the molecule is Cn1cc([C@@H]2O[C@@H]3CNS(=O)(=O)O[C@@H]4C[C@@H](CO[P@](=O)(S)O[C@H]3[C@H]2F)O[C@H]4n2cnc3c(=O)[nH]c(N)nc32)c2ncnc(N)c21. The Labute approximate surface area is 257 Å². The maximum absolute atomic E-state index is 16.1. The molecular weight excluding hydrogens is 662 g/mol. The Hall–Kier alpha value is -3.21. The molecule has 0 saturated carbocycles. The molecule has 0 aromatic carbocycles. The van der Waals surface area contributed by atoms with Gasteiger partial charge in [-0.2, -0.15) is 18.1 Å². The highest BCUT2D eigenvalue weighted by Gasteiger charge is 2.51. The third-order valence-electron chi connectivity index (χ3n) is 7.67. The minimum atomic E-state index is -4.56. The molecule has 3 aliphatic rings. The number of rotatable bonds is 2. The van der Waals surface area contributed by atoms with E-state index in [9.17, 15) is 17.8 Å². The molecule has 2 bridgehead atoms. The Kier molecular flexibility index (Phi) is 7.41. The van der Waals surface area contributed by atoms with Crippen LogP contribution in [-0.2, 0) is 44.6 Å². The first-order chi connectivity index (χ1) is 21.3. The van der Waals surface area contributed by atoms with E-state index >= 15 is 4.39 Å². The molecule has 3 saturated heterocycles. The summed E-state index contributed by atoms with van der Waals surface area (Å²) in [4.78, 5) is 30.9. The van der Waals surface area contributed by atoms with Gasteiger partial charge in [-0.1, -0.05) is 12.2 Å². The van der Waals surface area contributed by atoms with Crippen LogP contribution >= 0.6 is 19.0 Å². The minimum Gasteiger partial charge on any atom is -0.382 e. The highest BCUT2D eigenvalue weighted by Crippen LogP contribution is 2.57. The van der Waals surface area contributed by atoms with E-state index in [1.54, 1.807) is 17.8 Å². The van der Waals surface area contributed by atoms with Crippen molar-refractivity contribution in [1.82, 2.24) is 38.8 Å². The summed E-state index contributed by atoms with van der Waals surface area (Å²) in [5, 5.41) is 0. The number of hydrogen-bond donors (Lipinski definition) is 5. The lowest BCUT2D eigenvalue weighted by Gasteiger charge is -2.25. The number of aryl methyl sites for hydroxylation is 1. The largest absolute Gasteiger partial charge is 0.386 e. The number of nitrogen functional groups attached to an aromatic ring is 2. The van der Waals surface area contributed by atoms with Crippen LogP contribution < -0.4 is 21.7 Å². The van der Waals surface area contributed by atoms with Crippen LogP contribution in [0.5, 0.6) is 0 Å². The summed E-state index contributed by atoms with van der Waals surface area (Å²) >= 11 is 4.05. The number of H-pyrrole nitrogens is 1. The smallest absolute Gasteiger partial charge is 0.382 e. The molecule has 242 valence electrons. The average Bonchev–Trinajstić information content (AvgIpc) is 3.71. The quantitative estimate of drug-likeness (QED) is 0.137. The zero-order valence-electron chi connectivity index (χ0n) is 23.1. The molecule has 0 spiro atoms. The van der Waals surface area contributed by atoms with Crippen LogP contribution in [0, 0.1) is 0 Å². The highest BCUT2D eigenvalue weighted by atomic mass is 32.7. The fourth-order valence-electron chi connectivity index (χ4n) is 5.77. The first-order valence-corrected chi connectivity index (χ1v) is 17.5. The van der Waals surface area contributed by atoms with Crippen LogP contribution in [0.4, 0.5) is 16.2 Å². The molecule has 7 heterocycles. The van der Waals surface area contributed by atoms with Crippen LogP contribution in [0.15, 0.2) is 23.6 Å². The molecule has 0 radical (unpaired) electrons. The number of halogens is 1. The number of aromatic nitrogens is 7. The molecule has 23 heteroatoms. The Balaban J connectivity index is 1.20. The third-order valence-corrected chi connectivity index (χ3v) is 10.3. The van der Waals surface area contributed by atoms with E-state index in [-0.39, 0.29) is 34.9 Å². The van der Waals surface area contributed by atoms with Crippen molar-refractivity contribution in [2.75, 3.05) is 24.6 Å². The monoisotopic (exact) mass is 688 g/mol. The Bertz CT molecular complexity index is 2020. The van der Waals surface area contributed by atoms with E-state index < -0.39 is 78.7 Å². The second kappa shape index (κ2) is 11.0. The molecule has 0 aliphatic carbocycles. The fraction of sp³-hybridized carbons (Fsp3) is 0.500. The third kappa shape index (κ3) is 5.48. The lowest BCUT2D eigenvalue weighted by molar-refractivity contribution is -0.0433. The van der Waals surface area contributed by atoms with Crippen LogP contribution in [0.2, 0.25) is 0 Å². The van der Waals surface area contributed by atoms with Gasteiger partial charge in [-0.3, -0.25) is 23.4 Å². The van der Waals surface area contributed by atoms with Gasteiger partial charge in [-0.15, -0.1) is 0 Å². The molecule has 4 aromatic rings. The van der Waals surface area contributed by atoms with E-state index in [1.165, 1.54) is 17.2 Å². The second-order valence-corrected chi connectivity index (χ2v) is 14.9. The van der Waals surface area contributed by atoms with Gasteiger partial charge in [0.05, 0.1) is 24.6 Å². The van der Waals surface area contributed by atoms with E-state index in [0.717, 1.165) is 0 Å². The van der Waals surface area contributed by atoms with Crippen molar-refractivity contribution in [3.63, 3.8) is 0 Å².